The van der Waals surface area contributed by atoms with Crippen LogP contribution in [0.15, 0.2) is 36.8 Å². The molecule has 0 bridgehead atoms. The van der Waals surface area contributed by atoms with Gasteiger partial charge in [-0.3, -0.25) is 9.48 Å². The average Bonchev–Trinajstić information content (AvgIpc) is 3.03. The highest BCUT2D eigenvalue weighted by Gasteiger charge is 2.16. The first-order chi connectivity index (χ1) is 9.63. The standard InChI is InChI=1S/C13H14N6O/c1-17(9-10-4-7-18(2)15-10)13(20)11-8-12-14-5-3-6-19(12)16-11/h3-8H,9H2,1-2H3. The number of carbonyl (C=O) groups is 1. The smallest absolute Gasteiger partial charge is 0.274 e. The SMILES string of the molecule is CN(Cc1ccn(C)n1)C(=O)c1cc2ncccn2n1. The summed E-state index contributed by atoms with van der Waals surface area (Å²) in [5, 5.41) is 8.47. The topological polar surface area (TPSA) is 68.3 Å². The highest BCUT2D eigenvalue weighted by atomic mass is 16.2. The van der Waals surface area contributed by atoms with Crippen molar-refractivity contribution in [1.82, 2.24) is 29.3 Å². The molecule has 3 rings (SSSR count). The van der Waals surface area contributed by atoms with Gasteiger partial charge >= 0.3 is 0 Å². The number of nitrogens with zero attached hydrogens (tertiary/aromatic N) is 6. The molecule has 0 aromatic carbocycles. The third-order valence-electron chi connectivity index (χ3n) is 2.97. The van der Waals surface area contributed by atoms with Gasteiger partial charge in [-0.2, -0.15) is 10.2 Å². The molecule has 102 valence electrons. The Morgan fingerprint density at radius 2 is 2.20 bits per heavy atom. The van der Waals surface area contributed by atoms with Gasteiger partial charge < -0.3 is 4.90 Å². The molecule has 0 saturated heterocycles. The van der Waals surface area contributed by atoms with Gasteiger partial charge in [-0.05, 0) is 12.1 Å². The second-order valence-electron chi connectivity index (χ2n) is 4.59. The number of carbonyl (C=O) groups excluding carboxylic acids is 1. The van der Waals surface area contributed by atoms with E-state index in [9.17, 15) is 4.79 Å². The number of rotatable bonds is 3. The zero-order valence-electron chi connectivity index (χ0n) is 11.3. The molecule has 0 saturated carbocycles. The molecule has 0 N–H and O–H groups in total. The number of aromatic nitrogens is 5. The van der Waals surface area contributed by atoms with Gasteiger partial charge in [-0.25, -0.2) is 9.50 Å². The molecule has 0 aliphatic rings. The van der Waals surface area contributed by atoms with Crippen molar-refractivity contribution in [1.29, 1.82) is 0 Å². The highest BCUT2D eigenvalue weighted by Crippen LogP contribution is 2.08. The first kappa shape index (κ1) is 12.3. The molecule has 0 unspecified atom stereocenters. The Bertz CT molecular complexity index is 726. The van der Waals surface area contributed by atoms with Gasteiger partial charge in [-0.15, -0.1) is 0 Å². The quantitative estimate of drug-likeness (QED) is 0.703. The third-order valence-corrected chi connectivity index (χ3v) is 2.97. The van der Waals surface area contributed by atoms with Crippen molar-refractivity contribution in [3.05, 3.63) is 48.2 Å². The van der Waals surface area contributed by atoms with E-state index in [-0.39, 0.29) is 5.91 Å². The van der Waals surface area contributed by atoms with Gasteiger partial charge in [0, 0.05) is 38.8 Å². The Labute approximate surface area is 115 Å². The first-order valence-electron chi connectivity index (χ1n) is 6.18. The van der Waals surface area contributed by atoms with Crippen molar-refractivity contribution in [2.75, 3.05) is 7.05 Å². The van der Waals surface area contributed by atoms with Crippen LogP contribution in [0.25, 0.3) is 5.65 Å². The van der Waals surface area contributed by atoms with Gasteiger partial charge in [0.2, 0.25) is 0 Å². The molecule has 0 fully saturated rings. The minimum Gasteiger partial charge on any atom is -0.334 e. The average molecular weight is 270 g/mol. The van der Waals surface area contributed by atoms with Crippen LogP contribution in [-0.4, -0.2) is 42.2 Å². The van der Waals surface area contributed by atoms with E-state index in [0.717, 1.165) is 5.69 Å². The van der Waals surface area contributed by atoms with Crippen LogP contribution in [-0.2, 0) is 13.6 Å². The predicted molar refractivity (Wildman–Crippen MR) is 72.0 cm³/mol. The molecule has 3 aromatic heterocycles. The van der Waals surface area contributed by atoms with Gasteiger partial charge in [0.1, 0.15) is 0 Å². The molecule has 20 heavy (non-hydrogen) atoms. The molecule has 1 amide bonds. The summed E-state index contributed by atoms with van der Waals surface area (Å²) in [4.78, 5) is 18.0. The Morgan fingerprint density at radius 1 is 1.35 bits per heavy atom. The Hall–Kier alpha value is -2.70. The number of amides is 1. The number of aryl methyl sites for hydroxylation is 1. The number of hydrogen-bond acceptors (Lipinski definition) is 4. The Kier molecular flexibility index (Phi) is 2.94. The lowest BCUT2D eigenvalue weighted by Crippen LogP contribution is -2.26. The fraction of sp³-hybridized carbons (Fsp3) is 0.231. The van der Waals surface area contributed by atoms with Crippen LogP contribution in [0, 0.1) is 0 Å². The molecule has 0 radical (unpaired) electrons. The fourth-order valence-electron chi connectivity index (χ4n) is 1.99. The van der Waals surface area contributed by atoms with Crippen LogP contribution >= 0.6 is 0 Å². The van der Waals surface area contributed by atoms with Gasteiger partial charge in [0.25, 0.3) is 5.91 Å². The summed E-state index contributed by atoms with van der Waals surface area (Å²) in [6.45, 7) is 0.445. The predicted octanol–water partition coefficient (Wildman–Crippen LogP) is 0.735. The summed E-state index contributed by atoms with van der Waals surface area (Å²) in [5.41, 5.74) is 1.87. The monoisotopic (exact) mass is 270 g/mol. The zero-order chi connectivity index (χ0) is 14.1. The Morgan fingerprint density at radius 3 is 2.90 bits per heavy atom. The van der Waals surface area contributed by atoms with Crippen LogP contribution in [0.2, 0.25) is 0 Å². The minimum absolute atomic E-state index is 0.152. The molecule has 0 spiro atoms. The number of hydrogen-bond donors (Lipinski definition) is 0. The van der Waals surface area contributed by atoms with E-state index in [2.05, 4.69) is 15.2 Å². The van der Waals surface area contributed by atoms with Crippen molar-refractivity contribution in [2.45, 2.75) is 6.54 Å². The lowest BCUT2D eigenvalue weighted by molar-refractivity contribution is 0.0777. The van der Waals surface area contributed by atoms with Crippen molar-refractivity contribution in [3.63, 3.8) is 0 Å². The summed E-state index contributed by atoms with van der Waals surface area (Å²) in [7, 11) is 3.58. The van der Waals surface area contributed by atoms with Crippen molar-refractivity contribution >= 4 is 11.6 Å². The van der Waals surface area contributed by atoms with Gasteiger partial charge in [-0.1, -0.05) is 0 Å². The van der Waals surface area contributed by atoms with E-state index in [0.29, 0.717) is 17.9 Å². The molecule has 0 aliphatic carbocycles. The summed E-state index contributed by atoms with van der Waals surface area (Å²) in [6, 6.07) is 5.33. The molecule has 0 aliphatic heterocycles. The molecule has 3 aromatic rings. The first-order valence-corrected chi connectivity index (χ1v) is 6.18. The van der Waals surface area contributed by atoms with Crippen LogP contribution in [0.1, 0.15) is 16.2 Å². The lowest BCUT2D eigenvalue weighted by Gasteiger charge is -2.13. The lowest BCUT2D eigenvalue weighted by atomic mass is 10.3. The summed E-state index contributed by atoms with van der Waals surface area (Å²) in [5.74, 6) is -0.152. The van der Waals surface area contributed by atoms with Gasteiger partial charge in [0.05, 0.1) is 12.2 Å². The summed E-state index contributed by atoms with van der Waals surface area (Å²) >= 11 is 0. The van der Waals surface area contributed by atoms with E-state index in [1.807, 2.05) is 19.3 Å². The molecular weight excluding hydrogens is 256 g/mol. The van der Waals surface area contributed by atoms with E-state index >= 15 is 0 Å². The van der Waals surface area contributed by atoms with Crippen molar-refractivity contribution < 1.29 is 4.79 Å². The second kappa shape index (κ2) is 4.76. The second-order valence-corrected chi connectivity index (χ2v) is 4.59. The number of fused-ring (bicyclic) bond motifs is 1. The Balaban J connectivity index is 1.80. The molecule has 3 heterocycles. The summed E-state index contributed by atoms with van der Waals surface area (Å²) in [6.07, 6.45) is 5.28. The highest BCUT2D eigenvalue weighted by molar-refractivity contribution is 5.93. The van der Waals surface area contributed by atoms with Crippen LogP contribution in [0.3, 0.4) is 0 Å². The maximum Gasteiger partial charge on any atom is 0.274 e. The van der Waals surface area contributed by atoms with E-state index in [1.165, 1.54) is 0 Å². The van der Waals surface area contributed by atoms with Crippen LogP contribution < -0.4 is 0 Å². The molecular formula is C13H14N6O. The zero-order valence-corrected chi connectivity index (χ0v) is 11.3. The maximum absolute atomic E-state index is 12.3. The van der Waals surface area contributed by atoms with E-state index < -0.39 is 0 Å². The van der Waals surface area contributed by atoms with Crippen LogP contribution in [0.4, 0.5) is 0 Å². The van der Waals surface area contributed by atoms with Crippen molar-refractivity contribution in [3.8, 4) is 0 Å². The largest absolute Gasteiger partial charge is 0.334 e. The van der Waals surface area contributed by atoms with E-state index in [4.69, 9.17) is 0 Å². The van der Waals surface area contributed by atoms with Crippen molar-refractivity contribution in [2.24, 2.45) is 7.05 Å². The third kappa shape index (κ3) is 2.25. The summed E-state index contributed by atoms with van der Waals surface area (Å²) < 4.78 is 3.30. The van der Waals surface area contributed by atoms with Crippen LogP contribution in [0.5, 0.6) is 0 Å². The fourth-order valence-corrected chi connectivity index (χ4v) is 1.99. The maximum atomic E-state index is 12.3. The molecule has 7 heteroatoms. The molecule has 7 nitrogen and oxygen atoms in total. The normalized spacial score (nSPS) is 10.9. The van der Waals surface area contributed by atoms with E-state index in [1.54, 1.807) is 45.7 Å². The molecule has 0 atom stereocenters. The minimum atomic E-state index is -0.152. The van der Waals surface area contributed by atoms with Gasteiger partial charge in [0.15, 0.2) is 11.3 Å².